The Kier molecular flexibility index (Phi) is 6.05. The predicted molar refractivity (Wildman–Crippen MR) is 82.2 cm³/mol. The summed E-state index contributed by atoms with van der Waals surface area (Å²) in [5.74, 6) is 0.612. The van der Waals surface area contributed by atoms with Gasteiger partial charge >= 0.3 is 0 Å². The first-order valence-corrected chi connectivity index (χ1v) is 8.42. The fourth-order valence-electron chi connectivity index (χ4n) is 2.81. The largest absolute Gasteiger partial charge is 0.383 e. The Hall–Kier alpha value is -1.08. The number of carbonyl (C=O) groups is 1. The molecule has 2 heterocycles. The SMILES string of the molecule is COCCn1cnnc1SCC(=O)N1[C@@H](C)CCC[C@@H]1C. The van der Waals surface area contributed by atoms with Crippen molar-refractivity contribution in [2.45, 2.75) is 56.9 Å². The van der Waals surface area contributed by atoms with E-state index in [9.17, 15) is 4.79 Å². The Balaban J connectivity index is 1.90. The summed E-state index contributed by atoms with van der Waals surface area (Å²) in [4.78, 5) is 14.5. The van der Waals surface area contributed by atoms with Crippen LogP contribution in [0.4, 0.5) is 0 Å². The van der Waals surface area contributed by atoms with Crippen LogP contribution in [-0.2, 0) is 16.1 Å². The lowest BCUT2D eigenvalue weighted by Gasteiger charge is -2.39. The topological polar surface area (TPSA) is 60.2 Å². The van der Waals surface area contributed by atoms with E-state index in [0.29, 0.717) is 31.0 Å². The maximum atomic E-state index is 12.5. The van der Waals surface area contributed by atoms with Crippen molar-refractivity contribution in [2.24, 2.45) is 0 Å². The van der Waals surface area contributed by atoms with Crippen molar-refractivity contribution in [2.75, 3.05) is 19.5 Å². The highest BCUT2D eigenvalue weighted by Gasteiger charge is 2.28. The Morgan fingerprint density at radius 2 is 2.14 bits per heavy atom. The van der Waals surface area contributed by atoms with Gasteiger partial charge in [-0.2, -0.15) is 0 Å². The number of amides is 1. The normalized spacial score (nSPS) is 22.5. The van der Waals surface area contributed by atoms with E-state index in [0.717, 1.165) is 18.0 Å². The van der Waals surface area contributed by atoms with Crippen LogP contribution in [0.15, 0.2) is 11.5 Å². The molecule has 6 nitrogen and oxygen atoms in total. The third-order valence-corrected chi connectivity index (χ3v) is 4.89. The number of aromatic nitrogens is 3. The minimum Gasteiger partial charge on any atom is -0.383 e. The molecule has 1 aromatic heterocycles. The predicted octanol–water partition coefficient (Wildman–Crippen LogP) is 1.81. The number of likely N-dealkylation sites (tertiary alicyclic amines) is 1. The second kappa shape index (κ2) is 7.79. The minimum absolute atomic E-state index is 0.195. The Bertz CT molecular complexity index is 456. The number of methoxy groups -OCH3 is 1. The van der Waals surface area contributed by atoms with Gasteiger partial charge in [0, 0.05) is 25.7 Å². The molecular weight excluding hydrogens is 288 g/mol. The third kappa shape index (κ3) is 4.20. The molecule has 1 amide bonds. The van der Waals surface area contributed by atoms with Gasteiger partial charge < -0.3 is 14.2 Å². The first-order valence-electron chi connectivity index (χ1n) is 7.44. The molecule has 7 heteroatoms. The van der Waals surface area contributed by atoms with E-state index in [-0.39, 0.29) is 5.91 Å². The average Bonchev–Trinajstić information content (AvgIpc) is 2.90. The molecule has 2 rings (SSSR count). The first kappa shape index (κ1) is 16.3. The quantitative estimate of drug-likeness (QED) is 0.750. The third-order valence-electron chi connectivity index (χ3n) is 3.92. The van der Waals surface area contributed by atoms with Crippen molar-refractivity contribution >= 4 is 17.7 Å². The van der Waals surface area contributed by atoms with E-state index < -0.39 is 0 Å². The molecule has 118 valence electrons. The fourth-order valence-corrected chi connectivity index (χ4v) is 3.62. The molecule has 1 aliphatic heterocycles. The van der Waals surface area contributed by atoms with Crippen LogP contribution in [-0.4, -0.2) is 57.1 Å². The van der Waals surface area contributed by atoms with E-state index in [4.69, 9.17) is 4.74 Å². The number of carbonyl (C=O) groups excluding carboxylic acids is 1. The zero-order chi connectivity index (χ0) is 15.2. The van der Waals surface area contributed by atoms with Gasteiger partial charge in [0.1, 0.15) is 6.33 Å². The van der Waals surface area contributed by atoms with Crippen LogP contribution in [0.5, 0.6) is 0 Å². The molecule has 0 bridgehead atoms. The maximum Gasteiger partial charge on any atom is 0.233 e. The van der Waals surface area contributed by atoms with Crippen LogP contribution in [0, 0.1) is 0 Å². The highest BCUT2D eigenvalue weighted by molar-refractivity contribution is 7.99. The molecule has 0 unspecified atom stereocenters. The first-order chi connectivity index (χ1) is 10.1. The number of piperidine rings is 1. The number of thioether (sulfide) groups is 1. The molecular formula is C14H24N4O2S. The van der Waals surface area contributed by atoms with E-state index in [1.165, 1.54) is 18.2 Å². The van der Waals surface area contributed by atoms with Crippen molar-refractivity contribution in [1.29, 1.82) is 0 Å². The van der Waals surface area contributed by atoms with Crippen LogP contribution in [0.2, 0.25) is 0 Å². The molecule has 21 heavy (non-hydrogen) atoms. The van der Waals surface area contributed by atoms with Gasteiger partial charge in [0.25, 0.3) is 0 Å². The Morgan fingerprint density at radius 3 is 2.81 bits per heavy atom. The smallest absolute Gasteiger partial charge is 0.233 e. The van der Waals surface area contributed by atoms with Gasteiger partial charge in [-0.05, 0) is 33.1 Å². The number of ether oxygens (including phenoxy) is 1. The zero-order valence-corrected chi connectivity index (χ0v) is 13.8. The van der Waals surface area contributed by atoms with E-state index >= 15 is 0 Å². The van der Waals surface area contributed by atoms with Gasteiger partial charge in [-0.1, -0.05) is 11.8 Å². The lowest BCUT2D eigenvalue weighted by Crippen LogP contribution is -2.48. The van der Waals surface area contributed by atoms with Crippen molar-refractivity contribution in [3.8, 4) is 0 Å². The van der Waals surface area contributed by atoms with Gasteiger partial charge in [-0.3, -0.25) is 4.79 Å². The minimum atomic E-state index is 0.195. The molecule has 1 fully saturated rings. The van der Waals surface area contributed by atoms with Crippen molar-refractivity contribution in [1.82, 2.24) is 19.7 Å². The molecule has 0 spiro atoms. The summed E-state index contributed by atoms with van der Waals surface area (Å²) < 4.78 is 6.98. The summed E-state index contributed by atoms with van der Waals surface area (Å²) in [6.07, 6.45) is 5.10. The number of nitrogens with zero attached hydrogens (tertiary/aromatic N) is 4. The lowest BCUT2D eigenvalue weighted by molar-refractivity contribution is -0.134. The highest BCUT2D eigenvalue weighted by atomic mass is 32.2. The van der Waals surface area contributed by atoms with Crippen LogP contribution in [0.3, 0.4) is 0 Å². The summed E-state index contributed by atoms with van der Waals surface area (Å²) in [7, 11) is 1.67. The van der Waals surface area contributed by atoms with Gasteiger partial charge in [-0.25, -0.2) is 0 Å². The summed E-state index contributed by atoms with van der Waals surface area (Å²) in [6.45, 7) is 5.59. The second-order valence-corrected chi connectivity index (χ2v) is 6.46. The van der Waals surface area contributed by atoms with E-state index in [2.05, 4.69) is 24.0 Å². The Morgan fingerprint density at radius 1 is 1.43 bits per heavy atom. The van der Waals surface area contributed by atoms with Crippen molar-refractivity contribution < 1.29 is 9.53 Å². The highest BCUT2D eigenvalue weighted by Crippen LogP contribution is 2.24. The van der Waals surface area contributed by atoms with E-state index in [1.807, 2.05) is 9.47 Å². The molecule has 0 N–H and O–H groups in total. The summed E-state index contributed by atoms with van der Waals surface area (Å²) >= 11 is 1.45. The molecule has 2 atom stereocenters. The summed E-state index contributed by atoms with van der Waals surface area (Å²) in [6, 6.07) is 0.682. The molecule has 0 aliphatic carbocycles. The number of hydrogen-bond acceptors (Lipinski definition) is 5. The van der Waals surface area contributed by atoms with Crippen molar-refractivity contribution in [3.63, 3.8) is 0 Å². The van der Waals surface area contributed by atoms with Crippen LogP contribution in [0.1, 0.15) is 33.1 Å². The molecule has 0 radical (unpaired) electrons. The standard InChI is InChI=1S/C14H24N4O2S/c1-11-5-4-6-12(2)18(11)13(19)9-21-14-16-15-10-17(14)7-8-20-3/h10-12H,4-9H2,1-3H3/t11-,12-/m0/s1. The molecule has 1 saturated heterocycles. The lowest BCUT2D eigenvalue weighted by atomic mass is 9.98. The monoisotopic (exact) mass is 312 g/mol. The number of rotatable bonds is 6. The van der Waals surface area contributed by atoms with Crippen LogP contribution in [0.25, 0.3) is 0 Å². The van der Waals surface area contributed by atoms with Gasteiger partial charge in [-0.15, -0.1) is 10.2 Å². The Labute approximate surface area is 130 Å². The zero-order valence-electron chi connectivity index (χ0n) is 13.0. The second-order valence-electron chi connectivity index (χ2n) is 5.52. The van der Waals surface area contributed by atoms with Gasteiger partial charge in [0.15, 0.2) is 5.16 Å². The van der Waals surface area contributed by atoms with Crippen molar-refractivity contribution in [3.05, 3.63) is 6.33 Å². The van der Waals surface area contributed by atoms with Gasteiger partial charge in [0.2, 0.25) is 5.91 Å². The van der Waals surface area contributed by atoms with E-state index in [1.54, 1.807) is 13.4 Å². The average molecular weight is 312 g/mol. The van der Waals surface area contributed by atoms with Crippen LogP contribution < -0.4 is 0 Å². The summed E-state index contributed by atoms with van der Waals surface area (Å²) in [5, 5.41) is 8.76. The maximum absolute atomic E-state index is 12.5. The number of hydrogen-bond donors (Lipinski definition) is 0. The summed E-state index contributed by atoms with van der Waals surface area (Å²) in [5.41, 5.74) is 0. The molecule has 0 saturated carbocycles. The molecule has 0 aromatic carbocycles. The van der Waals surface area contributed by atoms with Crippen LogP contribution >= 0.6 is 11.8 Å². The fraction of sp³-hybridized carbons (Fsp3) is 0.786. The molecule has 1 aliphatic rings. The van der Waals surface area contributed by atoms with Gasteiger partial charge in [0.05, 0.1) is 12.4 Å². The molecule has 1 aromatic rings.